The van der Waals surface area contributed by atoms with Gasteiger partial charge >= 0.3 is 0 Å². The predicted molar refractivity (Wildman–Crippen MR) is 83.6 cm³/mol. The van der Waals surface area contributed by atoms with Gasteiger partial charge in [-0.15, -0.1) is 0 Å². The number of halogens is 1. The molecule has 0 radical (unpaired) electrons. The van der Waals surface area contributed by atoms with Crippen LogP contribution in [-0.2, 0) is 13.0 Å². The maximum Gasteiger partial charge on any atom is 0.255 e. The lowest BCUT2D eigenvalue weighted by Gasteiger charge is -2.10. The first-order chi connectivity index (χ1) is 10.1. The number of aromatic nitrogens is 1. The molecule has 0 unspecified atom stereocenters. The summed E-state index contributed by atoms with van der Waals surface area (Å²) in [6.07, 6.45) is 1.70. The number of rotatable bonds is 5. The highest BCUT2D eigenvalue weighted by Crippen LogP contribution is 2.18. The highest BCUT2D eigenvalue weighted by molar-refractivity contribution is 6.29. The van der Waals surface area contributed by atoms with Gasteiger partial charge in [0.2, 0.25) is 0 Å². The molecule has 110 valence electrons. The Balaban J connectivity index is 2.24. The van der Waals surface area contributed by atoms with Gasteiger partial charge < -0.3 is 10.4 Å². The number of carbonyl (C=O) groups excluding carboxylic acids is 1. The second-order valence-corrected chi connectivity index (χ2v) is 5.08. The first-order valence-electron chi connectivity index (χ1n) is 6.80. The summed E-state index contributed by atoms with van der Waals surface area (Å²) in [7, 11) is 0. The highest BCUT2D eigenvalue weighted by atomic mass is 35.5. The molecule has 0 saturated heterocycles. The van der Waals surface area contributed by atoms with Crippen LogP contribution in [0.3, 0.4) is 0 Å². The highest BCUT2D eigenvalue weighted by Gasteiger charge is 2.11. The summed E-state index contributed by atoms with van der Waals surface area (Å²) in [5.74, 6) is -0.266. The molecule has 1 amide bonds. The third kappa shape index (κ3) is 4.03. The lowest BCUT2D eigenvalue weighted by atomic mass is 10.1. The van der Waals surface area contributed by atoms with E-state index in [0.29, 0.717) is 22.0 Å². The normalized spacial score (nSPS) is 10.4. The molecule has 5 heteroatoms. The number of nitrogens with zero attached hydrogens (tertiary/aromatic N) is 1. The van der Waals surface area contributed by atoms with E-state index in [1.807, 2.05) is 13.0 Å². The minimum Gasteiger partial charge on any atom is -0.392 e. The molecule has 0 bridgehead atoms. The summed E-state index contributed by atoms with van der Waals surface area (Å²) in [4.78, 5) is 16.5. The van der Waals surface area contributed by atoms with Crippen LogP contribution in [0.5, 0.6) is 0 Å². The molecule has 0 fully saturated rings. The Kier molecular flexibility index (Phi) is 5.31. The van der Waals surface area contributed by atoms with Crippen molar-refractivity contribution in [2.45, 2.75) is 26.4 Å². The van der Waals surface area contributed by atoms with Crippen molar-refractivity contribution in [3.8, 4) is 0 Å². The Morgan fingerprint density at radius 3 is 2.81 bits per heavy atom. The molecule has 0 saturated carbocycles. The number of aryl methyl sites for hydroxylation is 1. The van der Waals surface area contributed by atoms with E-state index in [2.05, 4.69) is 10.3 Å². The van der Waals surface area contributed by atoms with Gasteiger partial charge in [0.15, 0.2) is 0 Å². The van der Waals surface area contributed by atoms with Gasteiger partial charge in [-0.25, -0.2) is 4.98 Å². The van der Waals surface area contributed by atoms with Crippen LogP contribution in [0, 0.1) is 0 Å². The van der Waals surface area contributed by atoms with E-state index in [1.54, 1.807) is 24.3 Å². The van der Waals surface area contributed by atoms with Gasteiger partial charge in [0, 0.05) is 22.5 Å². The number of para-hydroxylation sites is 1. The lowest BCUT2D eigenvalue weighted by molar-refractivity contribution is 0.102. The summed E-state index contributed by atoms with van der Waals surface area (Å²) in [5.41, 5.74) is 2.52. The smallest absolute Gasteiger partial charge is 0.255 e. The molecule has 0 aliphatic rings. The number of aliphatic hydroxyl groups excluding tert-OH is 1. The standard InChI is InChI=1S/C16H17ClN2O2/c1-2-5-13-8-12(9-15(17)18-13)16(21)19-14-7-4-3-6-11(14)10-20/h3-4,6-9,20H,2,5,10H2,1H3,(H,19,21). The van der Waals surface area contributed by atoms with Crippen LogP contribution in [0.15, 0.2) is 36.4 Å². The number of anilines is 1. The second-order valence-electron chi connectivity index (χ2n) is 4.69. The molecule has 0 atom stereocenters. The largest absolute Gasteiger partial charge is 0.392 e. The van der Waals surface area contributed by atoms with Gasteiger partial charge in [-0.1, -0.05) is 43.1 Å². The molecule has 4 nitrogen and oxygen atoms in total. The Bertz CT molecular complexity index is 644. The number of hydrogen-bond acceptors (Lipinski definition) is 3. The van der Waals surface area contributed by atoms with E-state index < -0.39 is 0 Å². The van der Waals surface area contributed by atoms with Crippen molar-refractivity contribution in [2.24, 2.45) is 0 Å². The molecular weight excluding hydrogens is 288 g/mol. The molecule has 0 spiro atoms. The first kappa shape index (κ1) is 15.5. The third-order valence-corrected chi connectivity index (χ3v) is 3.24. The molecule has 0 aliphatic carbocycles. The van der Waals surface area contributed by atoms with Crippen molar-refractivity contribution >= 4 is 23.2 Å². The molecule has 21 heavy (non-hydrogen) atoms. The third-order valence-electron chi connectivity index (χ3n) is 3.05. The van der Waals surface area contributed by atoms with Gasteiger partial charge in [0.05, 0.1) is 6.61 Å². The van der Waals surface area contributed by atoms with Gasteiger partial charge in [-0.05, 0) is 24.6 Å². The Morgan fingerprint density at radius 1 is 1.33 bits per heavy atom. The maximum atomic E-state index is 12.3. The molecule has 2 rings (SSSR count). The van der Waals surface area contributed by atoms with Crippen LogP contribution in [0.25, 0.3) is 0 Å². The van der Waals surface area contributed by atoms with Crippen molar-refractivity contribution < 1.29 is 9.90 Å². The number of hydrogen-bond donors (Lipinski definition) is 2. The van der Waals surface area contributed by atoms with Gasteiger partial charge in [0.1, 0.15) is 5.15 Å². The fraction of sp³-hybridized carbons (Fsp3) is 0.250. The Hall–Kier alpha value is -1.91. The molecule has 2 N–H and O–H groups in total. The number of nitrogens with one attached hydrogen (secondary N) is 1. The summed E-state index contributed by atoms with van der Waals surface area (Å²) in [6, 6.07) is 10.4. The van der Waals surface area contributed by atoms with Crippen LogP contribution in [0.2, 0.25) is 5.15 Å². The minimum absolute atomic E-state index is 0.130. The first-order valence-corrected chi connectivity index (χ1v) is 7.18. The van der Waals surface area contributed by atoms with Crippen LogP contribution in [-0.4, -0.2) is 16.0 Å². The maximum absolute atomic E-state index is 12.3. The zero-order valence-electron chi connectivity index (χ0n) is 11.8. The molecule has 2 aromatic rings. The van der Waals surface area contributed by atoms with E-state index in [9.17, 15) is 9.90 Å². The minimum atomic E-state index is -0.266. The zero-order chi connectivity index (χ0) is 15.2. The molecule has 0 aliphatic heterocycles. The Morgan fingerprint density at radius 2 is 2.10 bits per heavy atom. The number of aliphatic hydroxyl groups is 1. The molecule has 1 heterocycles. The van der Waals surface area contributed by atoms with Crippen LogP contribution in [0.1, 0.15) is 35.0 Å². The average molecular weight is 305 g/mol. The van der Waals surface area contributed by atoms with Gasteiger partial charge in [0.25, 0.3) is 5.91 Å². The average Bonchev–Trinajstić information content (AvgIpc) is 2.47. The number of pyridine rings is 1. The van der Waals surface area contributed by atoms with Crippen molar-refractivity contribution in [1.29, 1.82) is 0 Å². The molecular formula is C16H17ClN2O2. The van der Waals surface area contributed by atoms with Crippen LogP contribution in [0.4, 0.5) is 5.69 Å². The fourth-order valence-electron chi connectivity index (χ4n) is 2.04. The lowest BCUT2D eigenvalue weighted by Crippen LogP contribution is -2.14. The van der Waals surface area contributed by atoms with Crippen molar-refractivity contribution in [2.75, 3.05) is 5.32 Å². The van der Waals surface area contributed by atoms with Crippen LogP contribution < -0.4 is 5.32 Å². The summed E-state index contributed by atoms with van der Waals surface area (Å²) in [5, 5.41) is 12.4. The van der Waals surface area contributed by atoms with Crippen molar-refractivity contribution in [3.63, 3.8) is 0 Å². The quantitative estimate of drug-likeness (QED) is 0.832. The van der Waals surface area contributed by atoms with E-state index in [1.165, 1.54) is 6.07 Å². The van der Waals surface area contributed by atoms with E-state index in [0.717, 1.165) is 18.5 Å². The molecule has 1 aromatic carbocycles. The molecule has 1 aromatic heterocycles. The van der Waals surface area contributed by atoms with E-state index in [4.69, 9.17) is 11.6 Å². The number of amides is 1. The van der Waals surface area contributed by atoms with E-state index >= 15 is 0 Å². The summed E-state index contributed by atoms with van der Waals surface area (Å²) >= 11 is 5.96. The van der Waals surface area contributed by atoms with Gasteiger partial charge in [-0.3, -0.25) is 4.79 Å². The van der Waals surface area contributed by atoms with Gasteiger partial charge in [-0.2, -0.15) is 0 Å². The predicted octanol–water partition coefficient (Wildman–Crippen LogP) is 3.43. The zero-order valence-corrected chi connectivity index (χ0v) is 12.5. The van der Waals surface area contributed by atoms with Crippen molar-refractivity contribution in [1.82, 2.24) is 4.98 Å². The summed E-state index contributed by atoms with van der Waals surface area (Å²) < 4.78 is 0. The number of benzene rings is 1. The SMILES string of the molecule is CCCc1cc(C(=O)Nc2ccccc2CO)cc(Cl)n1. The van der Waals surface area contributed by atoms with Crippen molar-refractivity contribution in [3.05, 3.63) is 58.4 Å². The second kappa shape index (κ2) is 7.20. The fourth-order valence-corrected chi connectivity index (χ4v) is 2.27. The topological polar surface area (TPSA) is 62.2 Å². The Labute approximate surface area is 128 Å². The monoisotopic (exact) mass is 304 g/mol. The summed E-state index contributed by atoms with van der Waals surface area (Å²) in [6.45, 7) is 1.91. The van der Waals surface area contributed by atoms with Crippen LogP contribution >= 0.6 is 11.6 Å². The van der Waals surface area contributed by atoms with E-state index in [-0.39, 0.29) is 12.5 Å². The number of carbonyl (C=O) groups is 1.